The summed E-state index contributed by atoms with van der Waals surface area (Å²) in [7, 11) is 0. The molecule has 1 unspecified atom stereocenters. The molecule has 0 saturated carbocycles. The fraction of sp³-hybridized carbons (Fsp3) is 0.190. The molecule has 1 aliphatic carbocycles. The zero-order valence-corrected chi connectivity index (χ0v) is 13.1. The average Bonchev–Trinajstić information content (AvgIpc) is 3.03. The Balaban J connectivity index is 2.00. The van der Waals surface area contributed by atoms with Crippen molar-refractivity contribution in [1.82, 2.24) is 0 Å². The van der Waals surface area contributed by atoms with Gasteiger partial charge in [-0.2, -0.15) is 0 Å². The normalized spacial score (nSPS) is 23.3. The van der Waals surface area contributed by atoms with Crippen LogP contribution in [0.5, 0.6) is 0 Å². The van der Waals surface area contributed by atoms with Crippen molar-refractivity contribution in [2.24, 2.45) is 0 Å². The summed E-state index contributed by atoms with van der Waals surface area (Å²) in [5.41, 5.74) is 3.50. The van der Waals surface area contributed by atoms with Crippen LogP contribution in [0, 0.1) is 0 Å². The first-order valence-electron chi connectivity index (χ1n) is 7.95. The maximum atomic E-state index is 13.0. The largest absolute Gasteiger partial charge is 0.496 e. The van der Waals surface area contributed by atoms with E-state index in [0.717, 1.165) is 28.0 Å². The Bertz CT molecular complexity index is 815. The van der Waals surface area contributed by atoms with Crippen LogP contribution in [0.25, 0.3) is 5.57 Å². The number of hydrogen-bond acceptors (Lipinski definition) is 2. The predicted molar refractivity (Wildman–Crippen MR) is 90.8 cm³/mol. The molecule has 4 rings (SSSR count). The number of ketones is 1. The van der Waals surface area contributed by atoms with Gasteiger partial charge in [0.1, 0.15) is 11.2 Å². The van der Waals surface area contributed by atoms with Gasteiger partial charge in [0.25, 0.3) is 0 Å². The van der Waals surface area contributed by atoms with E-state index in [1.54, 1.807) is 6.08 Å². The summed E-state index contributed by atoms with van der Waals surface area (Å²) >= 11 is 0. The number of ether oxygens (including phenoxy) is 1. The predicted octanol–water partition coefficient (Wildman–Crippen LogP) is 4.29. The van der Waals surface area contributed by atoms with E-state index < -0.39 is 5.41 Å². The van der Waals surface area contributed by atoms with Gasteiger partial charge in [0, 0.05) is 12.0 Å². The van der Waals surface area contributed by atoms with Gasteiger partial charge in [0.05, 0.1) is 6.61 Å². The molecule has 1 heterocycles. The molecule has 2 aliphatic rings. The van der Waals surface area contributed by atoms with Crippen molar-refractivity contribution in [3.8, 4) is 0 Å². The van der Waals surface area contributed by atoms with Gasteiger partial charge in [-0.05, 0) is 29.7 Å². The number of carbonyl (C=O) groups is 1. The van der Waals surface area contributed by atoms with Gasteiger partial charge < -0.3 is 4.74 Å². The molecule has 2 aromatic rings. The summed E-state index contributed by atoms with van der Waals surface area (Å²) in [6, 6.07) is 20.2. The van der Waals surface area contributed by atoms with Gasteiger partial charge in [0.2, 0.25) is 0 Å². The average molecular weight is 302 g/mol. The molecule has 1 atom stereocenters. The van der Waals surface area contributed by atoms with Crippen molar-refractivity contribution >= 4 is 11.4 Å². The van der Waals surface area contributed by atoms with Gasteiger partial charge in [0.15, 0.2) is 5.78 Å². The summed E-state index contributed by atoms with van der Waals surface area (Å²) < 4.78 is 6.04. The molecular weight excluding hydrogens is 284 g/mol. The minimum absolute atomic E-state index is 0.133. The van der Waals surface area contributed by atoms with E-state index in [0.29, 0.717) is 13.0 Å². The molecule has 2 aromatic carbocycles. The van der Waals surface area contributed by atoms with E-state index in [1.807, 2.05) is 55.5 Å². The quantitative estimate of drug-likeness (QED) is 0.827. The molecule has 0 bridgehead atoms. The Labute approximate surface area is 136 Å². The molecule has 114 valence electrons. The summed E-state index contributed by atoms with van der Waals surface area (Å²) in [5, 5.41) is 0. The number of fused-ring (bicyclic) bond motifs is 1. The molecule has 0 radical (unpaired) electrons. The number of rotatable bonds is 2. The van der Waals surface area contributed by atoms with E-state index in [2.05, 4.69) is 12.1 Å². The second-order valence-electron chi connectivity index (χ2n) is 6.13. The standard InChI is InChI=1S/C21H18O2/c1-15-14-18(22)21(17-10-6-3-7-11-17)12-13-23-20(21)19(15)16-8-4-2-5-9-16/h2-11,14H,12-13H2,1H3. The van der Waals surface area contributed by atoms with Gasteiger partial charge in [-0.15, -0.1) is 0 Å². The molecule has 0 amide bonds. The number of carbonyl (C=O) groups excluding carboxylic acids is 1. The third-order valence-electron chi connectivity index (χ3n) is 4.83. The third-order valence-corrected chi connectivity index (χ3v) is 4.83. The molecule has 2 heteroatoms. The molecule has 0 spiro atoms. The lowest BCUT2D eigenvalue weighted by molar-refractivity contribution is -0.118. The second-order valence-corrected chi connectivity index (χ2v) is 6.13. The molecule has 1 saturated heterocycles. The summed E-state index contributed by atoms with van der Waals surface area (Å²) in [4.78, 5) is 13.0. The van der Waals surface area contributed by atoms with Crippen molar-refractivity contribution < 1.29 is 9.53 Å². The van der Waals surface area contributed by atoms with E-state index >= 15 is 0 Å². The van der Waals surface area contributed by atoms with Crippen molar-refractivity contribution in [3.05, 3.63) is 89.2 Å². The third kappa shape index (κ3) is 1.98. The van der Waals surface area contributed by atoms with E-state index in [-0.39, 0.29) is 5.78 Å². The zero-order valence-electron chi connectivity index (χ0n) is 13.1. The van der Waals surface area contributed by atoms with Gasteiger partial charge >= 0.3 is 0 Å². The summed E-state index contributed by atoms with van der Waals surface area (Å²) in [5.74, 6) is 0.952. The topological polar surface area (TPSA) is 26.3 Å². The molecule has 1 fully saturated rings. The molecule has 0 aromatic heterocycles. The Morgan fingerprint density at radius 2 is 1.61 bits per heavy atom. The molecule has 2 nitrogen and oxygen atoms in total. The second kappa shape index (κ2) is 5.24. The van der Waals surface area contributed by atoms with Gasteiger partial charge in [-0.25, -0.2) is 0 Å². The number of allylic oxidation sites excluding steroid dienone is 4. The number of benzene rings is 2. The highest BCUT2D eigenvalue weighted by Crippen LogP contribution is 2.50. The molecule has 1 aliphatic heterocycles. The van der Waals surface area contributed by atoms with Gasteiger partial charge in [-0.1, -0.05) is 60.7 Å². The van der Waals surface area contributed by atoms with Crippen molar-refractivity contribution in [2.75, 3.05) is 6.61 Å². The first-order valence-corrected chi connectivity index (χ1v) is 7.95. The fourth-order valence-corrected chi connectivity index (χ4v) is 3.74. The van der Waals surface area contributed by atoms with Crippen LogP contribution in [0.3, 0.4) is 0 Å². The van der Waals surface area contributed by atoms with Crippen molar-refractivity contribution in [2.45, 2.75) is 18.8 Å². The smallest absolute Gasteiger partial charge is 0.174 e. The first-order chi connectivity index (χ1) is 11.2. The van der Waals surface area contributed by atoms with E-state index in [4.69, 9.17) is 4.74 Å². The Morgan fingerprint density at radius 3 is 2.30 bits per heavy atom. The highest BCUT2D eigenvalue weighted by Gasteiger charge is 2.51. The Morgan fingerprint density at radius 1 is 0.957 bits per heavy atom. The lowest BCUT2D eigenvalue weighted by Gasteiger charge is -2.32. The van der Waals surface area contributed by atoms with Crippen LogP contribution in [0.4, 0.5) is 0 Å². The van der Waals surface area contributed by atoms with E-state index in [1.165, 1.54) is 0 Å². The first kappa shape index (κ1) is 14.0. The maximum Gasteiger partial charge on any atom is 0.174 e. The highest BCUT2D eigenvalue weighted by molar-refractivity contribution is 6.09. The van der Waals surface area contributed by atoms with Gasteiger partial charge in [-0.3, -0.25) is 4.79 Å². The highest BCUT2D eigenvalue weighted by atomic mass is 16.5. The summed E-state index contributed by atoms with van der Waals surface area (Å²) in [6.45, 7) is 2.57. The monoisotopic (exact) mass is 302 g/mol. The molecule has 0 N–H and O–H groups in total. The Kier molecular flexibility index (Phi) is 3.19. The fourth-order valence-electron chi connectivity index (χ4n) is 3.74. The van der Waals surface area contributed by atoms with Crippen molar-refractivity contribution in [1.29, 1.82) is 0 Å². The Hall–Kier alpha value is -2.61. The van der Waals surface area contributed by atoms with Crippen LogP contribution in [0.1, 0.15) is 24.5 Å². The lowest BCUT2D eigenvalue weighted by atomic mass is 9.68. The van der Waals surface area contributed by atoms with Crippen LogP contribution in [-0.2, 0) is 14.9 Å². The maximum absolute atomic E-state index is 13.0. The SMILES string of the molecule is CC1=CC(=O)C2(c3ccccc3)CCOC2=C1c1ccccc1. The number of hydrogen-bond donors (Lipinski definition) is 0. The zero-order chi connectivity index (χ0) is 15.9. The lowest BCUT2D eigenvalue weighted by Crippen LogP contribution is -2.37. The van der Waals surface area contributed by atoms with Crippen LogP contribution in [0.2, 0.25) is 0 Å². The van der Waals surface area contributed by atoms with Crippen LogP contribution >= 0.6 is 0 Å². The minimum Gasteiger partial charge on any atom is -0.496 e. The summed E-state index contributed by atoms with van der Waals surface area (Å²) in [6.07, 6.45) is 2.48. The van der Waals surface area contributed by atoms with E-state index in [9.17, 15) is 4.79 Å². The minimum atomic E-state index is -0.661. The molecule has 23 heavy (non-hydrogen) atoms. The van der Waals surface area contributed by atoms with Crippen LogP contribution in [0.15, 0.2) is 78.1 Å². The van der Waals surface area contributed by atoms with Crippen molar-refractivity contribution in [3.63, 3.8) is 0 Å². The van der Waals surface area contributed by atoms with Crippen LogP contribution in [-0.4, -0.2) is 12.4 Å². The molecular formula is C21H18O2. The van der Waals surface area contributed by atoms with Crippen LogP contribution < -0.4 is 0 Å².